The van der Waals surface area contributed by atoms with Crippen molar-refractivity contribution < 1.29 is 0 Å². The molecule has 3 nitrogen and oxygen atoms in total. The molecule has 0 saturated heterocycles. The Morgan fingerprint density at radius 3 is 2.95 bits per heavy atom. The lowest BCUT2D eigenvalue weighted by molar-refractivity contribution is 0.907. The molecule has 0 spiro atoms. The van der Waals surface area contributed by atoms with E-state index in [9.17, 15) is 0 Å². The summed E-state index contributed by atoms with van der Waals surface area (Å²) in [4.78, 5) is 8.11. The number of hydrogen-bond acceptors (Lipinski definition) is 4. The van der Waals surface area contributed by atoms with Crippen LogP contribution in [0.5, 0.6) is 0 Å². The zero-order valence-electron chi connectivity index (χ0n) is 11.2. The third-order valence-electron chi connectivity index (χ3n) is 2.70. The highest BCUT2D eigenvalue weighted by molar-refractivity contribution is 9.10. The quantitative estimate of drug-likeness (QED) is 0.847. The van der Waals surface area contributed by atoms with E-state index in [0.29, 0.717) is 0 Å². The van der Waals surface area contributed by atoms with Crippen molar-refractivity contribution in [3.05, 3.63) is 39.0 Å². The molecule has 2 heterocycles. The maximum atomic E-state index is 4.62. The highest BCUT2D eigenvalue weighted by atomic mass is 79.9. The average Bonchev–Trinajstić information content (AvgIpc) is 2.82. The van der Waals surface area contributed by atoms with Gasteiger partial charge >= 0.3 is 0 Å². The predicted molar refractivity (Wildman–Crippen MR) is 87.1 cm³/mol. The first kappa shape index (κ1) is 14.3. The number of nitrogens with one attached hydrogen (secondary N) is 1. The molecule has 0 atom stereocenters. The number of aromatic nitrogens is 1. The van der Waals surface area contributed by atoms with Crippen molar-refractivity contribution in [1.82, 2.24) is 4.98 Å². The van der Waals surface area contributed by atoms with Crippen LogP contribution in [0.3, 0.4) is 0 Å². The van der Waals surface area contributed by atoms with Crippen LogP contribution < -0.4 is 10.2 Å². The van der Waals surface area contributed by atoms with Gasteiger partial charge in [-0.3, -0.25) is 0 Å². The van der Waals surface area contributed by atoms with Crippen molar-refractivity contribution in [3.8, 4) is 0 Å². The number of halogens is 1. The van der Waals surface area contributed by atoms with Crippen molar-refractivity contribution in [1.29, 1.82) is 0 Å². The first-order valence-corrected chi connectivity index (χ1v) is 8.01. The molecular weight excluding hydrogens is 322 g/mol. The van der Waals surface area contributed by atoms with Crippen molar-refractivity contribution in [3.63, 3.8) is 0 Å². The van der Waals surface area contributed by atoms with Gasteiger partial charge in [0.1, 0.15) is 11.6 Å². The molecule has 19 heavy (non-hydrogen) atoms. The molecule has 0 amide bonds. The first-order chi connectivity index (χ1) is 9.19. The van der Waals surface area contributed by atoms with Crippen molar-refractivity contribution >= 4 is 38.9 Å². The third kappa shape index (κ3) is 4.21. The fourth-order valence-electron chi connectivity index (χ4n) is 1.74. The smallest absolute Gasteiger partial charge is 0.131 e. The molecule has 0 aliphatic carbocycles. The monoisotopic (exact) mass is 339 g/mol. The largest absolute Gasteiger partial charge is 0.370 e. The summed E-state index contributed by atoms with van der Waals surface area (Å²) in [6, 6.07) is 8.25. The highest BCUT2D eigenvalue weighted by Crippen LogP contribution is 2.23. The van der Waals surface area contributed by atoms with Gasteiger partial charge < -0.3 is 10.2 Å². The van der Waals surface area contributed by atoms with E-state index >= 15 is 0 Å². The fourth-order valence-corrected chi connectivity index (χ4v) is 3.24. The summed E-state index contributed by atoms with van der Waals surface area (Å²) in [6.45, 7) is 3.98. The van der Waals surface area contributed by atoms with Crippen molar-refractivity contribution in [2.45, 2.75) is 19.9 Å². The zero-order valence-corrected chi connectivity index (χ0v) is 13.6. The molecule has 0 aliphatic rings. The maximum absolute atomic E-state index is 4.62. The Hall–Kier alpha value is -1.07. The Morgan fingerprint density at radius 1 is 1.42 bits per heavy atom. The number of anilines is 2. The Morgan fingerprint density at radius 2 is 2.26 bits per heavy atom. The average molecular weight is 340 g/mol. The van der Waals surface area contributed by atoms with Gasteiger partial charge in [-0.2, -0.15) is 0 Å². The molecule has 0 fully saturated rings. The van der Waals surface area contributed by atoms with E-state index in [4.69, 9.17) is 0 Å². The molecule has 0 bridgehead atoms. The number of hydrogen-bond donors (Lipinski definition) is 1. The van der Waals surface area contributed by atoms with Gasteiger partial charge in [0, 0.05) is 28.3 Å². The van der Waals surface area contributed by atoms with Gasteiger partial charge in [0.2, 0.25) is 0 Å². The minimum absolute atomic E-state index is 0.875. The lowest BCUT2D eigenvalue weighted by atomic mass is 10.3. The van der Waals surface area contributed by atoms with Crippen LogP contribution in [-0.2, 0) is 6.54 Å². The topological polar surface area (TPSA) is 28.2 Å². The summed E-state index contributed by atoms with van der Waals surface area (Å²) in [5, 5.41) is 5.42. The predicted octanol–water partition coefficient (Wildman–Crippen LogP) is 4.36. The van der Waals surface area contributed by atoms with Gasteiger partial charge in [-0.05, 0) is 40.5 Å². The summed E-state index contributed by atoms with van der Waals surface area (Å²) in [7, 11) is 2.07. The van der Waals surface area contributed by atoms with Crippen LogP contribution in [0, 0.1) is 0 Å². The molecule has 2 aromatic rings. The molecule has 1 N–H and O–H groups in total. The molecule has 2 rings (SSSR count). The normalized spacial score (nSPS) is 10.5. The fraction of sp³-hybridized carbons (Fsp3) is 0.357. The molecule has 5 heteroatoms. The Balaban J connectivity index is 2.03. The van der Waals surface area contributed by atoms with E-state index in [2.05, 4.69) is 56.5 Å². The van der Waals surface area contributed by atoms with Crippen LogP contribution in [0.4, 0.5) is 11.6 Å². The first-order valence-electron chi connectivity index (χ1n) is 6.34. The second-order valence-electron chi connectivity index (χ2n) is 4.40. The zero-order chi connectivity index (χ0) is 13.7. The molecule has 0 saturated carbocycles. The lowest BCUT2D eigenvalue weighted by Gasteiger charge is -2.18. The van der Waals surface area contributed by atoms with E-state index in [1.807, 2.05) is 18.2 Å². The van der Waals surface area contributed by atoms with E-state index in [1.54, 1.807) is 11.3 Å². The summed E-state index contributed by atoms with van der Waals surface area (Å²) in [5.74, 6) is 1.93. The molecule has 0 aromatic carbocycles. The van der Waals surface area contributed by atoms with Crippen molar-refractivity contribution in [2.75, 3.05) is 23.8 Å². The van der Waals surface area contributed by atoms with Crippen LogP contribution in [0.15, 0.2) is 34.1 Å². The molecule has 0 unspecified atom stereocenters. The standard InChI is InChI=1S/C14H18BrN3S/c1-3-7-16-13-5-4-6-14(17-13)18(2)9-12-8-11(15)10-19-12/h4-6,8,10H,3,7,9H2,1-2H3,(H,16,17). The minimum Gasteiger partial charge on any atom is -0.370 e. The van der Waals surface area contributed by atoms with Crippen LogP contribution in [0.2, 0.25) is 0 Å². The third-order valence-corrected chi connectivity index (χ3v) is 4.38. The second kappa shape index (κ2) is 6.91. The van der Waals surface area contributed by atoms with Gasteiger partial charge in [-0.1, -0.05) is 13.0 Å². The molecule has 0 aliphatic heterocycles. The van der Waals surface area contributed by atoms with E-state index in [1.165, 1.54) is 4.88 Å². The SMILES string of the molecule is CCCNc1cccc(N(C)Cc2cc(Br)cs2)n1. The van der Waals surface area contributed by atoms with Gasteiger partial charge in [0.05, 0.1) is 6.54 Å². The van der Waals surface area contributed by atoms with Crippen LogP contribution in [-0.4, -0.2) is 18.6 Å². The molecule has 0 radical (unpaired) electrons. The van der Waals surface area contributed by atoms with Crippen LogP contribution >= 0.6 is 27.3 Å². The Labute approximate surface area is 126 Å². The second-order valence-corrected chi connectivity index (χ2v) is 6.31. The van der Waals surface area contributed by atoms with Gasteiger partial charge in [-0.25, -0.2) is 4.98 Å². The Kier molecular flexibility index (Phi) is 5.22. The van der Waals surface area contributed by atoms with E-state index < -0.39 is 0 Å². The summed E-state index contributed by atoms with van der Waals surface area (Å²) < 4.78 is 1.15. The van der Waals surface area contributed by atoms with Crippen molar-refractivity contribution in [2.24, 2.45) is 0 Å². The van der Waals surface area contributed by atoms with Gasteiger partial charge in [0.15, 0.2) is 0 Å². The summed E-state index contributed by atoms with van der Waals surface area (Å²) >= 11 is 5.24. The Bertz CT molecular complexity index is 527. The minimum atomic E-state index is 0.875. The van der Waals surface area contributed by atoms with Crippen LogP contribution in [0.1, 0.15) is 18.2 Å². The highest BCUT2D eigenvalue weighted by Gasteiger charge is 2.06. The maximum Gasteiger partial charge on any atom is 0.131 e. The number of thiophene rings is 1. The van der Waals surface area contributed by atoms with Crippen LogP contribution in [0.25, 0.3) is 0 Å². The van der Waals surface area contributed by atoms with E-state index in [-0.39, 0.29) is 0 Å². The van der Waals surface area contributed by atoms with Gasteiger partial charge in [-0.15, -0.1) is 11.3 Å². The number of pyridine rings is 1. The lowest BCUT2D eigenvalue weighted by Crippen LogP contribution is -2.17. The molecule has 102 valence electrons. The van der Waals surface area contributed by atoms with Gasteiger partial charge in [0.25, 0.3) is 0 Å². The summed E-state index contributed by atoms with van der Waals surface area (Å²) in [5.41, 5.74) is 0. The number of rotatable bonds is 6. The van der Waals surface area contributed by atoms with E-state index in [0.717, 1.165) is 35.6 Å². The number of nitrogens with zero attached hydrogens (tertiary/aromatic N) is 2. The molecule has 2 aromatic heterocycles. The summed E-state index contributed by atoms with van der Waals surface area (Å²) in [6.07, 6.45) is 1.10. The molecular formula is C14H18BrN3S.